The van der Waals surface area contributed by atoms with Crippen molar-refractivity contribution in [2.75, 3.05) is 32.8 Å². The van der Waals surface area contributed by atoms with Gasteiger partial charge < -0.3 is 10.1 Å². The third-order valence-corrected chi connectivity index (χ3v) is 3.28. The molecule has 0 saturated carbocycles. The molecule has 1 amide bonds. The Kier molecular flexibility index (Phi) is 5.17. The molecule has 1 aliphatic rings. The van der Waals surface area contributed by atoms with E-state index < -0.39 is 0 Å². The fourth-order valence-corrected chi connectivity index (χ4v) is 2.14. The molecule has 0 radical (unpaired) electrons. The number of hydrogen-bond donors (Lipinski definition) is 1. The Balaban J connectivity index is 2.38. The Bertz CT molecular complexity index is 276. The van der Waals surface area contributed by atoms with Gasteiger partial charge in [0.05, 0.1) is 13.2 Å². The van der Waals surface area contributed by atoms with E-state index in [0.29, 0.717) is 13.0 Å². The van der Waals surface area contributed by atoms with Crippen LogP contribution in [0.3, 0.4) is 0 Å². The molecule has 1 saturated heterocycles. The molecule has 4 heteroatoms. The van der Waals surface area contributed by atoms with Crippen molar-refractivity contribution in [3.05, 3.63) is 0 Å². The minimum atomic E-state index is -0.00265. The van der Waals surface area contributed by atoms with Crippen LogP contribution in [0.1, 0.15) is 41.0 Å². The summed E-state index contributed by atoms with van der Waals surface area (Å²) in [5, 5.41) is 3.06. The van der Waals surface area contributed by atoms with Crippen molar-refractivity contribution in [3.8, 4) is 0 Å². The molecular weight excluding hydrogens is 228 g/mol. The first-order valence-corrected chi connectivity index (χ1v) is 6.80. The summed E-state index contributed by atoms with van der Waals surface area (Å²) < 4.78 is 5.36. The van der Waals surface area contributed by atoms with Gasteiger partial charge >= 0.3 is 0 Å². The summed E-state index contributed by atoms with van der Waals surface area (Å²) in [6, 6.07) is 0. The predicted molar refractivity (Wildman–Crippen MR) is 73.6 cm³/mol. The standard InChI is InChI=1S/C14H28N2O2/c1-13(2,3)10-12(17)15-11-14(4,5)16-6-8-18-9-7-16/h6-11H2,1-5H3,(H,15,17). The van der Waals surface area contributed by atoms with Crippen molar-refractivity contribution in [1.82, 2.24) is 10.2 Å². The monoisotopic (exact) mass is 256 g/mol. The first-order chi connectivity index (χ1) is 8.21. The zero-order valence-corrected chi connectivity index (χ0v) is 12.5. The number of carbonyl (C=O) groups excluding carboxylic acids is 1. The minimum Gasteiger partial charge on any atom is -0.379 e. The summed E-state index contributed by atoms with van der Waals surface area (Å²) in [5.74, 6) is 0.142. The molecular formula is C14H28N2O2. The normalized spacial score (nSPS) is 18.7. The molecule has 4 nitrogen and oxygen atoms in total. The van der Waals surface area contributed by atoms with E-state index in [0.717, 1.165) is 26.3 Å². The maximum Gasteiger partial charge on any atom is 0.220 e. The predicted octanol–water partition coefficient (Wildman–Crippen LogP) is 1.65. The third-order valence-electron chi connectivity index (χ3n) is 3.28. The van der Waals surface area contributed by atoms with Crippen LogP contribution in [0.15, 0.2) is 0 Å². The van der Waals surface area contributed by atoms with Crippen LogP contribution in [-0.2, 0) is 9.53 Å². The van der Waals surface area contributed by atoms with Crippen molar-refractivity contribution in [1.29, 1.82) is 0 Å². The molecule has 0 atom stereocenters. The van der Waals surface area contributed by atoms with Crippen LogP contribution in [0.4, 0.5) is 0 Å². The van der Waals surface area contributed by atoms with Crippen LogP contribution >= 0.6 is 0 Å². The highest BCUT2D eigenvalue weighted by molar-refractivity contribution is 5.76. The van der Waals surface area contributed by atoms with Gasteiger partial charge in [-0.2, -0.15) is 0 Å². The number of rotatable bonds is 4. The van der Waals surface area contributed by atoms with E-state index in [2.05, 4.69) is 44.8 Å². The molecule has 0 aromatic heterocycles. The minimum absolute atomic E-state index is 0.00265. The lowest BCUT2D eigenvalue weighted by Crippen LogP contribution is -2.55. The second-order valence-electron chi connectivity index (χ2n) is 6.93. The number of amides is 1. The lowest BCUT2D eigenvalue weighted by Gasteiger charge is -2.41. The number of carbonyl (C=O) groups is 1. The van der Waals surface area contributed by atoms with Gasteiger partial charge in [0.25, 0.3) is 0 Å². The van der Waals surface area contributed by atoms with Crippen molar-refractivity contribution in [2.45, 2.75) is 46.6 Å². The lowest BCUT2D eigenvalue weighted by molar-refractivity contribution is -0.123. The van der Waals surface area contributed by atoms with Crippen molar-refractivity contribution in [3.63, 3.8) is 0 Å². The number of nitrogens with zero attached hydrogens (tertiary/aromatic N) is 1. The van der Waals surface area contributed by atoms with Crippen LogP contribution < -0.4 is 5.32 Å². The highest BCUT2D eigenvalue weighted by Crippen LogP contribution is 2.19. The highest BCUT2D eigenvalue weighted by Gasteiger charge is 2.29. The molecule has 0 aromatic rings. The van der Waals surface area contributed by atoms with Crippen LogP contribution in [-0.4, -0.2) is 49.2 Å². The molecule has 0 unspecified atom stereocenters. The van der Waals surface area contributed by atoms with E-state index in [-0.39, 0.29) is 16.9 Å². The van der Waals surface area contributed by atoms with E-state index in [4.69, 9.17) is 4.74 Å². The number of nitrogens with one attached hydrogen (secondary N) is 1. The van der Waals surface area contributed by atoms with E-state index in [1.54, 1.807) is 0 Å². The van der Waals surface area contributed by atoms with Gasteiger partial charge in [0.1, 0.15) is 0 Å². The number of ether oxygens (including phenoxy) is 1. The summed E-state index contributed by atoms with van der Waals surface area (Å²) in [6.07, 6.45) is 0.576. The molecule has 1 N–H and O–H groups in total. The first-order valence-electron chi connectivity index (χ1n) is 6.80. The Morgan fingerprint density at radius 2 is 1.72 bits per heavy atom. The van der Waals surface area contributed by atoms with Crippen molar-refractivity contribution >= 4 is 5.91 Å². The average Bonchev–Trinajstić information content (AvgIpc) is 2.26. The summed E-state index contributed by atoms with van der Waals surface area (Å²) in [5.41, 5.74) is 0.0461. The SMILES string of the molecule is CC(C)(C)CC(=O)NCC(C)(C)N1CCOCC1. The number of hydrogen-bond acceptors (Lipinski definition) is 3. The van der Waals surface area contributed by atoms with Gasteiger partial charge in [-0.05, 0) is 19.3 Å². The second-order valence-corrected chi connectivity index (χ2v) is 6.93. The molecule has 18 heavy (non-hydrogen) atoms. The average molecular weight is 256 g/mol. The Hall–Kier alpha value is -0.610. The fraction of sp³-hybridized carbons (Fsp3) is 0.929. The molecule has 1 aliphatic heterocycles. The van der Waals surface area contributed by atoms with Gasteiger partial charge in [-0.15, -0.1) is 0 Å². The van der Waals surface area contributed by atoms with E-state index in [1.807, 2.05) is 0 Å². The topological polar surface area (TPSA) is 41.6 Å². The summed E-state index contributed by atoms with van der Waals surface area (Å²) in [6.45, 7) is 14.8. The highest BCUT2D eigenvalue weighted by atomic mass is 16.5. The van der Waals surface area contributed by atoms with Crippen molar-refractivity contribution in [2.24, 2.45) is 5.41 Å². The quantitative estimate of drug-likeness (QED) is 0.831. The molecule has 106 valence electrons. The Morgan fingerprint density at radius 3 is 2.22 bits per heavy atom. The molecule has 1 rings (SSSR count). The fourth-order valence-electron chi connectivity index (χ4n) is 2.14. The Morgan fingerprint density at radius 1 is 1.17 bits per heavy atom. The van der Waals surface area contributed by atoms with Gasteiger partial charge in [0.15, 0.2) is 0 Å². The molecule has 0 aliphatic carbocycles. The van der Waals surface area contributed by atoms with Gasteiger partial charge in [-0.3, -0.25) is 9.69 Å². The van der Waals surface area contributed by atoms with Crippen LogP contribution in [0.5, 0.6) is 0 Å². The van der Waals surface area contributed by atoms with Crippen LogP contribution in [0.2, 0.25) is 0 Å². The third kappa shape index (κ3) is 5.36. The smallest absolute Gasteiger partial charge is 0.220 e. The van der Waals surface area contributed by atoms with Gasteiger partial charge in [-0.25, -0.2) is 0 Å². The molecule has 0 aromatic carbocycles. The lowest BCUT2D eigenvalue weighted by atomic mass is 9.91. The molecule has 0 bridgehead atoms. The molecule has 0 spiro atoms. The Labute approximate surface area is 111 Å². The summed E-state index contributed by atoms with van der Waals surface area (Å²) in [4.78, 5) is 14.2. The largest absolute Gasteiger partial charge is 0.379 e. The number of morpholine rings is 1. The van der Waals surface area contributed by atoms with E-state index in [1.165, 1.54) is 0 Å². The maximum absolute atomic E-state index is 11.8. The van der Waals surface area contributed by atoms with Crippen LogP contribution in [0.25, 0.3) is 0 Å². The molecule has 1 heterocycles. The van der Waals surface area contributed by atoms with E-state index >= 15 is 0 Å². The maximum atomic E-state index is 11.8. The van der Waals surface area contributed by atoms with E-state index in [9.17, 15) is 4.79 Å². The van der Waals surface area contributed by atoms with Gasteiger partial charge in [0.2, 0.25) is 5.91 Å². The molecule has 1 fully saturated rings. The van der Waals surface area contributed by atoms with Gasteiger partial charge in [0, 0.05) is 31.6 Å². The summed E-state index contributed by atoms with van der Waals surface area (Å²) >= 11 is 0. The first kappa shape index (κ1) is 15.4. The van der Waals surface area contributed by atoms with Crippen LogP contribution in [0, 0.1) is 5.41 Å². The van der Waals surface area contributed by atoms with Crippen molar-refractivity contribution < 1.29 is 9.53 Å². The zero-order valence-electron chi connectivity index (χ0n) is 12.5. The summed E-state index contributed by atoms with van der Waals surface area (Å²) in [7, 11) is 0. The van der Waals surface area contributed by atoms with Gasteiger partial charge in [-0.1, -0.05) is 20.8 Å². The zero-order chi connectivity index (χ0) is 13.8. The second kappa shape index (κ2) is 6.02.